The Morgan fingerprint density at radius 3 is 2.89 bits per heavy atom. The third kappa shape index (κ3) is 2.49. The van der Waals surface area contributed by atoms with Crippen molar-refractivity contribution >= 4 is 22.5 Å². The number of hydrogen-bond acceptors (Lipinski definition) is 6. The molecule has 1 fully saturated rings. The van der Waals surface area contributed by atoms with Crippen LogP contribution in [0.3, 0.4) is 0 Å². The minimum absolute atomic E-state index is 0.00881. The van der Waals surface area contributed by atoms with Crippen molar-refractivity contribution < 1.29 is 19.0 Å². The van der Waals surface area contributed by atoms with E-state index in [2.05, 4.69) is 5.32 Å². The van der Waals surface area contributed by atoms with E-state index in [0.717, 1.165) is 13.1 Å². The lowest BCUT2D eigenvalue weighted by molar-refractivity contribution is 0.0964. The van der Waals surface area contributed by atoms with Crippen molar-refractivity contribution in [1.29, 1.82) is 0 Å². The lowest BCUT2D eigenvalue weighted by atomic mass is 10.1. The second-order valence-electron chi connectivity index (χ2n) is 6.86. The Bertz CT molecular complexity index is 1090. The van der Waals surface area contributed by atoms with E-state index in [1.165, 1.54) is 10.6 Å². The number of fused-ring (bicyclic) bond motifs is 4. The topological polar surface area (TPSA) is 79.6 Å². The predicted molar refractivity (Wildman–Crippen MR) is 103 cm³/mol. The van der Waals surface area contributed by atoms with E-state index in [1.54, 1.807) is 18.3 Å². The van der Waals surface area contributed by atoms with E-state index in [-0.39, 0.29) is 30.7 Å². The molecule has 0 spiro atoms. The molecule has 8 heteroatoms. The SMILES string of the molecule is O=C1c2c(nc3cc(N4CCNCC4)c(F)cc3c2OCCO)-c2cccn21. The third-order valence-corrected chi connectivity index (χ3v) is 5.23. The molecule has 4 heterocycles. The van der Waals surface area contributed by atoms with Crippen LogP contribution >= 0.6 is 0 Å². The number of aromatic nitrogens is 2. The maximum absolute atomic E-state index is 15.0. The summed E-state index contributed by atoms with van der Waals surface area (Å²) >= 11 is 0. The molecule has 144 valence electrons. The number of nitrogens with zero attached hydrogens (tertiary/aromatic N) is 3. The van der Waals surface area contributed by atoms with Gasteiger partial charge in [-0.3, -0.25) is 9.36 Å². The van der Waals surface area contributed by atoms with Gasteiger partial charge < -0.3 is 20.1 Å². The molecule has 3 aromatic rings. The molecule has 2 aliphatic heterocycles. The molecule has 2 aromatic heterocycles. The Labute approximate surface area is 160 Å². The number of ether oxygens (including phenoxy) is 1. The molecule has 0 amide bonds. The summed E-state index contributed by atoms with van der Waals surface area (Å²) in [4.78, 5) is 19.5. The summed E-state index contributed by atoms with van der Waals surface area (Å²) < 4.78 is 22.2. The maximum atomic E-state index is 15.0. The average Bonchev–Trinajstić information content (AvgIpc) is 3.29. The van der Waals surface area contributed by atoms with Crippen molar-refractivity contribution in [3.63, 3.8) is 0 Å². The summed E-state index contributed by atoms with van der Waals surface area (Å²) in [6, 6.07) is 6.71. The van der Waals surface area contributed by atoms with Gasteiger partial charge in [0, 0.05) is 37.8 Å². The van der Waals surface area contributed by atoms with E-state index >= 15 is 0 Å². The molecule has 0 atom stereocenters. The zero-order chi connectivity index (χ0) is 19.3. The quantitative estimate of drug-likeness (QED) is 0.559. The standard InChI is InChI=1S/C20H19FN4O3/c21-13-10-12-14(11-16(13)24-6-3-22-4-7-24)23-18-15-2-1-5-25(15)20(27)17(18)19(12)28-9-8-26/h1-2,5,10-11,22,26H,3-4,6-9H2. The van der Waals surface area contributed by atoms with Gasteiger partial charge in [-0.05, 0) is 24.3 Å². The molecule has 0 aliphatic carbocycles. The van der Waals surface area contributed by atoms with Gasteiger partial charge in [-0.2, -0.15) is 0 Å². The molecular formula is C20H19FN4O3. The van der Waals surface area contributed by atoms with Crippen molar-refractivity contribution in [2.75, 3.05) is 44.3 Å². The van der Waals surface area contributed by atoms with Gasteiger partial charge in [-0.15, -0.1) is 0 Å². The molecule has 0 unspecified atom stereocenters. The number of hydrogen-bond donors (Lipinski definition) is 2. The molecule has 7 nitrogen and oxygen atoms in total. The summed E-state index contributed by atoms with van der Waals surface area (Å²) in [7, 11) is 0. The molecule has 1 aromatic carbocycles. The number of aliphatic hydroxyl groups is 1. The first-order valence-electron chi connectivity index (χ1n) is 9.28. The summed E-state index contributed by atoms with van der Waals surface area (Å²) in [5, 5.41) is 12.9. The molecule has 0 saturated carbocycles. The van der Waals surface area contributed by atoms with Crippen LogP contribution in [-0.2, 0) is 0 Å². The second kappa shape index (κ2) is 6.57. The molecule has 1 saturated heterocycles. The van der Waals surface area contributed by atoms with Gasteiger partial charge in [0.25, 0.3) is 5.91 Å². The highest BCUT2D eigenvalue weighted by molar-refractivity contribution is 6.14. The zero-order valence-electron chi connectivity index (χ0n) is 15.1. The molecule has 0 bridgehead atoms. The van der Waals surface area contributed by atoms with E-state index < -0.39 is 0 Å². The number of benzene rings is 1. The van der Waals surface area contributed by atoms with Gasteiger partial charge in [0.2, 0.25) is 0 Å². The summed E-state index contributed by atoms with van der Waals surface area (Å²) in [6.45, 7) is 2.81. The lowest BCUT2D eigenvalue weighted by Gasteiger charge is -2.30. The minimum atomic E-state index is -0.380. The number of carbonyl (C=O) groups is 1. The molecule has 28 heavy (non-hydrogen) atoms. The molecular weight excluding hydrogens is 363 g/mol. The van der Waals surface area contributed by atoms with Crippen molar-refractivity contribution in [3.8, 4) is 17.1 Å². The maximum Gasteiger partial charge on any atom is 0.268 e. The van der Waals surface area contributed by atoms with Gasteiger partial charge in [0.05, 0.1) is 23.5 Å². The summed E-state index contributed by atoms with van der Waals surface area (Å²) in [5.41, 5.74) is 2.57. The number of pyridine rings is 1. The number of halogens is 1. The van der Waals surface area contributed by atoms with Crippen LogP contribution in [0.4, 0.5) is 10.1 Å². The first-order chi connectivity index (χ1) is 13.7. The minimum Gasteiger partial charge on any atom is -0.490 e. The van der Waals surface area contributed by atoms with Gasteiger partial charge in [0.1, 0.15) is 29.4 Å². The Kier molecular flexibility index (Phi) is 4.03. The van der Waals surface area contributed by atoms with E-state index in [4.69, 9.17) is 9.72 Å². The van der Waals surface area contributed by atoms with Crippen molar-refractivity contribution in [2.24, 2.45) is 0 Å². The van der Waals surface area contributed by atoms with E-state index in [9.17, 15) is 14.3 Å². The van der Waals surface area contributed by atoms with Crippen LogP contribution in [0, 0.1) is 5.82 Å². The number of nitrogens with one attached hydrogen (secondary N) is 1. The van der Waals surface area contributed by atoms with Gasteiger partial charge in [-0.25, -0.2) is 9.37 Å². The average molecular weight is 382 g/mol. The number of aliphatic hydroxyl groups excluding tert-OH is 1. The normalized spacial score (nSPS) is 15.8. The highest BCUT2D eigenvalue weighted by atomic mass is 19.1. The van der Waals surface area contributed by atoms with Gasteiger partial charge in [-0.1, -0.05) is 0 Å². The van der Waals surface area contributed by atoms with Crippen LogP contribution in [0.25, 0.3) is 22.3 Å². The van der Waals surface area contributed by atoms with Crippen LogP contribution in [0.1, 0.15) is 10.4 Å². The van der Waals surface area contributed by atoms with Crippen molar-refractivity contribution in [2.45, 2.75) is 0 Å². The first-order valence-corrected chi connectivity index (χ1v) is 9.28. The van der Waals surface area contributed by atoms with Crippen molar-refractivity contribution in [3.05, 3.63) is 41.8 Å². The third-order valence-electron chi connectivity index (χ3n) is 5.23. The first kappa shape index (κ1) is 17.2. The van der Waals surface area contributed by atoms with Crippen molar-refractivity contribution in [1.82, 2.24) is 14.9 Å². The Balaban J connectivity index is 1.74. The number of rotatable bonds is 4. The second-order valence-corrected chi connectivity index (χ2v) is 6.86. The van der Waals surface area contributed by atoms with Gasteiger partial charge in [0.15, 0.2) is 0 Å². The highest BCUT2D eigenvalue weighted by Gasteiger charge is 2.33. The van der Waals surface area contributed by atoms with Crippen LogP contribution in [-0.4, -0.2) is 60.0 Å². The fourth-order valence-corrected chi connectivity index (χ4v) is 3.94. The number of anilines is 1. The van der Waals surface area contributed by atoms with Crippen LogP contribution in [0.15, 0.2) is 30.5 Å². The summed E-state index contributed by atoms with van der Waals surface area (Å²) in [6.07, 6.45) is 1.67. The Morgan fingerprint density at radius 1 is 1.29 bits per heavy atom. The molecule has 2 N–H and O–H groups in total. The fourth-order valence-electron chi connectivity index (χ4n) is 3.94. The van der Waals surface area contributed by atoms with Crippen LogP contribution < -0.4 is 15.0 Å². The fraction of sp³-hybridized carbons (Fsp3) is 0.300. The molecule has 5 rings (SSSR count). The molecule has 2 aliphatic rings. The monoisotopic (exact) mass is 382 g/mol. The van der Waals surface area contributed by atoms with E-state index in [1.807, 2.05) is 11.0 Å². The summed E-state index contributed by atoms with van der Waals surface area (Å²) in [5.74, 6) is -0.368. The van der Waals surface area contributed by atoms with E-state index in [0.29, 0.717) is 46.6 Å². The number of carbonyl (C=O) groups excluding carboxylic acids is 1. The van der Waals surface area contributed by atoms with Crippen LogP contribution in [0.5, 0.6) is 5.75 Å². The Hall–Kier alpha value is -2.97. The molecule has 0 radical (unpaired) electrons. The van der Waals surface area contributed by atoms with Gasteiger partial charge >= 0.3 is 0 Å². The zero-order valence-corrected chi connectivity index (χ0v) is 15.1. The largest absolute Gasteiger partial charge is 0.490 e. The van der Waals surface area contributed by atoms with Crippen LogP contribution in [0.2, 0.25) is 0 Å². The highest BCUT2D eigenvalue weighted by Crippen LogP contribution is 2.42. The Morgan fingerprint density at radius 2 is 2.11 bits per heavy atom. The number of piperazine rings is 1. The smallest absolute Gasteiger partial charge is 0.268 e. The predicted octanol–water partition coefficient (Wildman–Crippen LogP) is 1.62. The lowest BCUT2D eigenvalue weighted by Crippen LogP contribution is -2.43.